The Balaban J connectivity index is -0.000000158. The van der Waals surface area contributed by atoms with E-state index < -0.39 is 12.3 Å². The van der Waals surface area contributed by atoms with Crippen molar-refractivity contribution < 1.29 is 27.2 Å². The van der Waals surface area contributed by atoms with Crippen LogP contribution in [0.5, 0.6) is 0 Å². The maximum atomic E-state index is 7.91. The number of aliphatic hydroxyl groups excluding tert-OH is 1. The number of rotatable bonds is 3. The molecule has 0 aliphatic carbocycles. The molecule has 0 aromatic heterocycles. The molecular weight excluding hydrogens is 369 g/mol. The Morgan fingerprint density at radius 1 is 1.27 bits per heavy atom. The summed E-state index contributed by atoms with van der Waals surface area (Å²) in [6.45, 7) is 2.26. The van der Waals surface area contributed by atoms with Gasteiger partial charge in [0.1, 0.15) is 6.26 Å². The van der Waals surface area contributed by atoms with Crippen molar-refractivity contribution in [2.45, 2.75) is 6.92 Å². The SMILES string of the molecule is CCOO/C=C/O.Cl[CH-]Cl.[Cl][Ti]([Cl])([Cl])[Cl]. The van der Waals surface area contributed by atoms with E-state index in [1.807, 2.05) is 0 Å². The summed E-state index contributed by atoms with van der Waals surface area (Å²) in [6, 6.07) is 0. The summed E-state index contributed by atoms with van der Waals surface area (Å²) < 4.78 is 0. The zero-order valence-corrected chi connectivity index (χ0v) is 13.6. The third-order valence-electron chi connectivity index (χ3n) is 0.302. The molecule has 0 amide bonds. The van der Waals surface area contributed by atoms with Crippen molar-refractivity contribution in [2.75, 3.05) is 6.61 Å². The van der Waals surface area contributed by atoms with E-state index in [-0.39, 0.29) is 0 Å². The molecule has 1 N–H and O–H groups in total. The summed E-state index contributed by atoms with van der Waals surface area (Å²) in [5.74, 6) is 0. The van der Waals surface area contributed by atoms with Gasteiger partial charge < -0.3 is 33.2 Å². The quantitative estimate of drug-likeness (QED) is 0.181. The fourth-order valence-electron chi connectivity index (χ4n) is 0.132. The first kappa shape index (κ1) is 22.0. The van der Waals surface area contributed by atoms with Crippen LogP contribution in [0.2, 0.25) is 0 Å². The Labute approximate surface area is 118 Å². The second-order valence-corrected chi connectivity index (χ2v) is 17.4. The van der Waals surface area contributed by atoms with Gasteiger partial charge in [0.2, 0.25) is 0 Å². The second kappa shape index (κ2) is 18.1. The predicted octanol–water partition coefficient (Wildman–Crippen LogP) is 5.32. The average Bonchev–Trinajstić information content (AvgIpc) is 2.04. The standard InChI is InChI=1S/C4H8O3.CHCl2.4ClH.Ti/c1-2-6-7-4-3-5;2-1-3;;;;;/h3-5H,2H2,1H3;1H;4*1H;/q;-1;;;;;+4/p-4/b4-3+;;;;;;. The molecule has 94 valence electrons. The van der Waals surface area contributed by atoms with E-state index in [9.17, 15) is 0 Å². The minimum absolute atomic E-state index is 0.477. The monoisotopic (exact) mass is 375 g/mol. The molecule has 0 unspecified atom stereocenters. The van der Waals surface area contributed by atoms with E-state index in [0.717, 1.165) is 17.9 Å². The number of hydrogen-bond donors (Lipinski definition) is 1. The van der Waals surface area contributed by atoms with Crippen LogP contribution in [0.25, 0.3) is 0 Å². The van der Waals surface area contributed by atoms with Crippen LogP contribution in [0.15, 0.2) is 12.5 Å². The van der Waals surface area contributed by atoms with Crippen molar-refractivity contribution in [2.24, 2.45) is 0 Å². The molecule has 0 bridgehead atoms. The first-order valence-electron chi connectivity index (χ1n) is 3.18. The topological polar surface area (TPSA) is 38.7 Å². The fraction of sp³-hybridized carbons (Fsp3) is 0.400. The first-order chi connectivity index (χ1) is 6.83. The molecule has 0 aliphatic rings. The average molecular weight is 378 g/mol. The molecule has 0 rings (SSSR count). The third kappa shape index (κ3) is 90.0. The van der Waals surface area contributed by atoms with E-state index in [4.69, 9.17) is 42.3 Å². The molecule has 3 nitrogen and oxygen atoms in total. The Morgan fingerprint density at radius 2 is 1.60 bits per heavy atom. The summed E-state index contributed by atoms with van der Waals surface area (Å²) in [5.41, 5.74) is 0. The van der Waals surface area contributed by atoms with Crippen LogP contribution in [0, 0.1) is 5.34 Å². The van der Waals surface area contributed by atoms with Gasteiger partial charge in [-0.15, -0.1) is 0 Å². The molecule has 0 saturated carbocycles. The van der Waals surface area contributed by atoms with E-state index in [1.165, 1.54) is 0 Å². The van der Waals surface area contributed by atoms with Gasteiger partial charge in [-0.2, -0.15) is 10.2 Å². The van der Waals surface area contributed by atoms with Crippen molar-refractivity contribution in [3.8, 4) is 0 Å². The van der Waals surface area contributed by atoms with Gasteiger partial charge in [-0.25, -0.2) is 0 Å². The molecule has 0 atom stereocenters. The molecule has 0 fully saturated rings. The van der Waals surface area contributed by atoms with Gasteiger partial charge in [0, 0.05) is 0 Å². The van der Waals surface area contributed by atoms with Gasteiger partial charge in [-0.05, 0) is 6.92 Å². The van der Waals surface area contributed by atoms with Gasteiger partial charge >= 0.3 is 49.6 Å². The molecule has 0 spiro atoms. The summed E-state index contributed by atoms with van der Waals surface area (Å²) in [5, 5.41) is 8.85. The third-order valence-corrected chi connectivity index (χ3v) is 0.302. The van der Waals surface area contributed by atoms with Gasteiger partial charge in [0.05, 0.1) is 6.61 Å². The Bertz CT molecular complexity index is 124. The zero-order valence-electron chi connectivity index (χ0n) is 7.47. The van der Waals surface area contributed by atoms with Crippen LogP contribution in [0.1, 0.15) is 6.92 Å². The van der Waals surface area contributed by atoms with E-state index in [1.54, 1.807) is 6.92 Å². The molecule has 0 heterocycles. The second-order valence-electron chi connectivity index (χ2n) is 1.30. The van der Waals surface area contributed by atoms with Crippen molar-refractivity contribution in [3.63, 3.8) is 0 Å². The van der Waals surface area contributed by atoms with Gasteiger partial charge in [-0.3, -0.25) is 0 Å². The van der Waals surface area contributed by atoms with Crippen molar-refractivity contribution in [1.82, 2.24) is 0 Å². The maximum absolute atomic E-state index is 7.91. The molecule has 0 aromatic rings. The van der Waals surface area contributed by atoms with Crippen LogP contribution >= 0.6 is 60.4 Å². The van der Waals surface area contributed by atoms with Crippen LogP contribution in [0.4, 0.5) is 0 Å². The zero-order chi connectivity index (χ0) is 12.7. The van der Waals surface area contributed by atoms with E-state index in [0.29, 0.717) is 6.61 Å². The van der Waals surface area contributed by atoms with Crippen molar-refractivity contribution in [3.05, 3.63) is 17.9 Å². The van der Waals surface area contributed by atoms with Gasteiger partial charge in [0.15, 0.2) is 6.26 Å². The van der Waals surface area contributed by atoms with Crippen LogP contribution in [-0.2, 0) is 22.1 Å². The number of aliphatic hydroxyl groups is 1. The molecule has 0 radical (unpaired) electrons. The number of halogens is 6. The van der Waals surface area contributed by atoms with Crippen LogP contribution in [0.3, 0.4) is 0 Å². The Morgan fingerprint density at radius 3 is 1.80 bits per heavy atom. The molecule has 0 aromatic carbocycles. The number of hydrogen-bond acceptors (Lipinski definition) is 3. The van der Waals surface area contributed by atoms with Crippen molar-refractivity contribution >= 4 is 60.4 Å². The fourth-order valence-corrected chi connectivity index (χ4v) is 0.132. The van der Waals surface area contributed by atoms with E-state index >= 15 is 0 Å². The summed E-state index contributed by atoms with van der Waals surface area (Å²) in [6.07, 6.45) is 1.80. The molecular formula is C5H9Cl6O3Ti-. The predicted molar refractivity (Wildman–Crippen MR) is 63.9 cm³/mol. The van der Waals surface area contributed by atoms with Gasteiger partial charge in [-0.1, -0.05) is 0 Å². The first-order valence-corrected chi connectivity index (χ1v) is 12.6. The summed E-state index contributed by atoms with van der Waals surface area (Å²) >= 11 is 6.17. The summed E-state index contributed by atoms with van der Waals surface area (Å²) in [4.78, 5) is 8.53. The Kier molecular flexibility index (Phi) is 26.6. The molecule has 0 aliphatic heterocycles. The molecule has 15 heavy (non-hydrogen) atoms. The minimum atomic E-state index is -3.11. The van der Waals surface area contributed by atoms with Crippen LogP contribution in [-0.4, -0.2) is 11.7 Å². The summed E-state index contributed by atoms with van der Waals surface area (Å²) in [7, 11) is 20.1. The Hall–Kier alpha value is 1.75. The van der Waals surface area contributed by atoms with Gasteiger partial charge in [0.25, 0.3) is 0 Å². The van der Waals surface area contributed by atoms with E-state index in [2.05, 4.69) is 33.0 Å². The molecule has 10 heteroatoms. The van der Waals surface area contributed by atoms with Crippen molar-refractivity contribution in [1.29, 1.82) is 0 Å². The molecule has 0 saturated heterocycles. The van der Waals surface area contributed by atoms with Crippen LogP contribution < -0.4 is 0 Å². The normalized spacial score (nSPS) is 9.80.